The zero-order valence-corrected chi connectivity index (χ0v) is 15.3. The first-order valence-corrected chi connectivity index (χ1v) is 8.23. The Kier molecular flexibility index (Phi) is 6.04. The summed E-state index contributed by atoms with van der Waals surface area (Å²) in [6, 6.07) is 0. The molecular formula is C19H30N2O. The van der Waals surface area contributed by atoms with Crippen LogP contribution in [-0.2, 0) is 0 Å². The summed E-state index contributed by atoms with van der Waals surface area (Å²) in [6.07, 6.45) is 0. The van der Waals surface area contributed by atoms with Crippen LogP contribution in [0.2, 0.25) is 0 Å². The molecule has 0 aromatic carbocycles. The van der Waals surface area contributed by atoms with Gasteiger partial charge in [0.25, 0.3) is 0 Å². The van der Waals surface area contributed by atoms with Crippen LogP contribution in [0.1, 0.15) is 94.5 Å². The van der Waals surface area contributed by atoms with E-state index in [0.717, 1.165) is 28.1 Å². The van der Waals surface area contributed by atoms with Gasteiger partial charge in [-0.3, -0.25) is 4.79 Å². The van der Waals surface area contributed by atoms with Crippen molar-refractivity contribution in [1.29, 1.82) is 0 Å². The molecule has 0 aliphatic carbocycles. The van der Waals surface area contributed by atoms with Gasteiger partial charge in [-0.05, 0) is 23.3 Å². The van der Waals surface area contributed by atoms with Crippen LogP contribution in [0.3, 0.4) is 0 Å². The predicted molar refractivity (Wildman–Crippen MR) is 93.3 cm³/mol. The van der Waals surface area contributed by atoms with Crippen LogP contribution in [-0.4, -0.2) is 16.0 Å². The maximum atomic E-state index is 12.9. The van der Waals surface area contributed by atoms with Gasteiger partial charge < -0.3 is 0 Å². The first-order valence-electron chi connectivity index (χ1n) is 8.23. The number of carbonyl (C=O) groups is 1. The summed E-state index contributed by atoms with van der Waals surface area (Å²) in [7, 11) is 0. The Morgan fingerprint density at radius 3 is 1.50 bits per heavy atom. The number of Topliss-reactive ketones (excluding diaryl/α,β-unsaturated/α-hetero) is 1. The lowest BCUT2D eigenvalue weighted by molar-refractivity contribution is 0.0937. The second kappa shape index (κ2) is 7.17. The van der Waals surface area contributed by atoms with Crippen molar-refractivity contribution in [3.05, 3.63) is 29.1 Å². The molecule has 122 valence electrons. The summed E-state index contributed by atoms with van der Waals surface area (Å²) in [4.78, 5) is 12.9. The monoisotopic (exact) mass is 302 g/mol. The van der Waals surface area contributed by atoms with E-state index in [0.29, 0.717) is 0 Å². The van der Waals surface area contributed by atoms with E-state index < -0.39 is 0 Å². The van der Waals surface area contributed by atoms with Gasteiger partial charge in [0.1, 0.15) is 0 Å². The highest BCUT2D eigenvalue weighted by Crippen LogP contribution is 2.34. The van der Waals surface area contributed by atoms with E-state index in [4.69, 9.17) is 0 Å². The average Bonchev–Trinajstić information content (AvgIpc) is 2.43. The maximum absolute atomic E-state index is 12.9. The van der Waals surface area contributed by atoms with Gasteiger partial charge in [-0.25, -0.2) is 0 Å². The van der Waals surface area contributed by atoms with Crippen LogP contribution in [0.25, 0.3) is 5.57 Å². The quantitative estimate of drug-likeness (QED) is 0.676. The topological polar surface area (TPSA) is 42.9 Å². The zero-order chi connectivity index (χ0) is 17.2. The molecule has 0 aliphatic rings. The summed E-state index contributed by atoms with van der Waals surface area (Å²) in [5.74, 6) is 0.696. The van der Waals surface area contributed by atoms with Gasteiger partial charge in [-0.15, -0.1) is 0 Å². The highest BCUT2D eigenvalue weighted by molar-refractivity contribution is 6.03. The van der Waals surface area contributed by atoms with Crippen molar-refractivity contribution in [2.75, 3.05) is 0 Å². The molecule has 0 N–H and O–H groups in total. The number of carbonyl (C=O) groups excluding carboxylic acids is 1. The van der Waals surface area contributed by atoms with E-state index in [1.165, 1.54) is 0 Å². The number of allylic oxidation sites excluding steroid dienone is 1. The Morgan fingerprint density at radius 2 is 1.18 bits per heavy atom. The van der Waals surface area contributed by atoms with Crippen LogP contribution in [0.5, 0.6) is 0 Å². The molecule has 0 aliphatic heterocycles. The maximum Gasteiger partial charge on any atom is 0.167 e. The van der Waals surface area contributed by atoms with E-state index in [-0.39, 0.29) is 29.5 Å². The minimum Gasteiger partial charge on any atom is -0.294 e. The highest BCUT2D eigenvalue weighted by atomic mass is 16.1. The molecule has 1 heterocycles. The summed E-state index contributed by atoms with van der Waals surface area (Å²) in [6.45, 7) is 20.6. The number of nitrogens with zero attached hydrogens (tertiary/aromatic N) is 2. The van der Waals surface area contributed by atoms with E-state index in [2.05, 4.69) is 58.3 Å². The Labute approximate surface area is 135 Å². The zero-order valence-electron chi connectivity index (χ0n) is 15.3. The van der Waals surface area contributed by atoms with Crippen molar-refractivity contribution < 1.29 is 4.79 Å². The van der Waals surface area contributed by atoms with Crippen molar-refractivity contribution in [1.82, 2.24) is 10.2 Å². The molecule has 0 bridgehead atoms. The van der Waals surface area contributed by atoms with Crippen LogP contribution in [0, 0.1) is 11.8 Å². The van der Waals surface area contributed by atoms with Crippen LogP contribution >= 0.6 is 0 Å². The van der Waals surface area contributed by atoms with Gasteiger partial charge in [-0.2, -0.15) is 10.2 Å². The molecule has 0 amide bonds. The van der Waals surface area contributed by atoms with Crippen molar-refractivity contribution in [3.63, 3.8) is 0 Å². The van der Waals surface area contributed by atoms with Crippen LogP contribution in [0.4, 0.5) is 0 Å². The van der Waals surface area contributed by atoms with E-state index in [9.17, 15) is 4.79 Å². The molecule has 3 nitrogen and oxygen atoms in total. The van der Waals surface area contributed by atoms with Crippen LogP contribution < -0.4 is 0 Å². The summed E-state index contributed by atoms with van der Waals surface area (Å²) < 4.78 is 0. The Hall–Kier alpha value is -1.51. The largest absolute Gasteiger partial charge is 0.294 e. The van der Waals surface area contributed by atoms with E-state index in [1.807, 2.05) is 13.8 Å². The number of hydrogen-bond acceptors (Lipinski definition) is 3. The normalized spacial score (nSPS) is 11.8. The second-order valence-electron chi connectivity index (χ2n) is 7.23. The SMILES string of the molecule is C=C(c1c(C(C)C)nnc(C(C)C)c1C(=O)C(C)C)C(C)C. The fourth-order valence-corrected chi connectivity index (χ4v) is 2.42. The Bertz CT molecular complexity index is 518. The lowest BCUT2D eigenvalue weighted by Gasteiger charge is -2.23. The fraction of sp³-hybridized carbons (Fsp3) is 0.632. The summed E-state index contributed by atoms with van der Waals surface area (Å²) >= 11 is 0. The first-order chi connectivity index (χ1) is 10.1. The summed E-state index contributed by atoms with van der Waals surface area (Å²) in [5, 5.41) is 8.84. The predicted octanol–water partition coefficient (Wildman–Crippen LogP) is 5.23. The van der Waals surface area contributed by atoms with Gasteiger partial charge in [0.2, 0.25) is 0 Å². The molecule has 0 spiro atoms. The van der Waals surface area contributed by atoms with Gasteiger partial charge >= 0.3 is 0 Å². The molecule has 1 aromatic rings. The van der Waals surface area contributed by atoms with Crippen molar-refractivity contribution >= 4 is 11.4 Å². The molecular weight excluding hydrogens is 272 g/mol. The van der Waals surface area contributed by atoms with Gasteiger partial charge in [0, 0.05) is 11.5 Å². The summed E-state index contributed by atoms with van der Waals surface area (Å²) in [5.41, 5.74) is 4.32. The van der Waals surface area contributed by atoms with Gasteiger partial charge in [0.05, 0.1) is 17.0 Å². The third-order valence-corrected chi connectivity index (χ3v) is 3.91. The molecule has 0 unspecified atom stereocenters. The number of ketones is 1. The molecule has 0 fully saturated rings. The Morgan fingerprint density at radius 1 is 0.773 bits per heavy atom. The minimum atomic E-state index is -0.0691. The number of aromatic nitrogens is 2. The molecule has 0 atom stereocenters. The lowest BCUT2D eigenvalue weighted by Crippen LogP contribution is -2.20. The Balaban J connectivity index is 3.81. The number of rotatable bonds is 6. The third-order valence-electron chi connectivity index (χ3n) is 3.91. The minimum absolute atomic E-state index is 0.0691. The van der Waals surface area contributed by atoms with E-state index in [1.54, 1.807) is 0 Å². The highest BCUT2D eigenvalue weighted by Gasteiger charge is 2.28. The molecule has 0 saturated carbocycles. The smallest absolute Gasteiger partial charge is 0.167 e. The average molecular weight is 302 g/mol. The number of hydrogen-bond donors (Lipinski definition) is 0. The van der Waals surface area contributed by atoms with E-state index >= 15 is 0 Å². The van der Waals surface area contributed by atoms with Crippen molar-refractivity contribution in [2.45, 2.75) is 67.2 Å². The lowest BCUT2D eigenvalue weighted by atomic mass is 9.83. The van der Waals surface area contributed by atoms with Gasteiger partial charge in [0.15, 0.2) is 5.78 Å². The van der Waals surface area contributed by atoms with Crippen molar-refractivity contribution in [2.24, 2.45) is 11.8 Å². The molecule has 1 rings (SSSR count). The first kappa shape index (κ1) is 18.5. The molecule has 22 heavy (non-hydrogen) atoms. The third kappa shape index (κ3) is 3.63. The van der Waals surface area contributed by atoms with Crippen LogP contribution in [0.15, 0.2) is 6.58 Å². The second-order valence-corrected chi connectivity index (χ2v) is 7.23. The fourth-order valence-electron chi connectivity index (χ4n) is 2.42. The molecule has 3 heteroatoms. The molecule has 0 saturated heterocycles. The molecule has 0 radical (unpaired) electrons. The van der Waals surface area contributed by atoms with Gasteiger partial charge in [-0.1, -0.05) is 62.0 Å². The van der Waals surface area contributed by atoms with Crippen molar-refractivity contribution in [3.8, 4) is 0 Å². The standard InChI is InChI=1S/C19H30N2O/c1-10(2)14(9)15-16(19(22)13(7)8)18(12(5)6)21-20-17(15)11(3)4/h10-13H,9H2,1-8H3. The molecule has 1 aromatic heterocycles.